The SMILES string of the molecule is Cn1ccc(C(=O)NC2CCc3onc(C(=O)NCc4ccco4)c3C2)n1. The van der Waals surface area contributed by atoms with Crippen molar-refractivity contribution in [1.29, 1.82) is 0 Å². The van der Waals surface area contributed by atoms with Crippen LogP contribution in [0.2, 0.25) is 0 Å². The van der Waals surface area contributed by atoms with Crippen LogP contribution in [0.1, 0.15) is 44.5 Å². The van der Waals surface area contributed by atoms with E-state index in [9.17, 15) is 9.59 Å². The lowest BCUT2D eigenvalue weighted by Crippen LogP contribution is -2.39. The smallest absolute Gasteiger partial charge is 0.274 e. The summed E-state index contributed by atoms with van der Waals surface area (Å²) in [6.45, 7) is 0.271. The fourth-order valence-electron chi connectivity index (χ4n) is 3.17. The molecule has 3 aromatic rings. The van der Waals surface area contributed by atoms with Gasteiger partial charge in [0.15, 0.2) is 5.69 Å². The van der Waals surface area contributed by atoms with E-state index in [0.717, 1.165) is 5.56 Å². The Kier molecular flexibility index (Phi) is 4.49. The number of nitrogens with one attached hydrogen (secondary N) is 2. The molecular weight excluding hydrogens is 350 g/mol. The van der Waals surface area contributed by atoms with Crippen LogP contribution in [0.5, 0.6) is 0 Å². The fraction of sp³-hybridized carbons (Fsp3) is 0.333. The van der Waals surface area contributed by atoms with Gasteiger partial charge >= 0.3 is 0 Å². The summed E-state index contributed by atoms with van der Waals surface area (Å²) in [6, 6.07) is 5.09. The summed E-state index contributed by atoms with van der Waals surface area (Å²) < 4.78 is 12.1. The van der Waals surface area contributed by atoms with E-state index >= 15 is 0 Å². The Balaban J connectivity index is 1.42. The first-order chi connectivity index (χ1) is 13.1. The third kappa shape index (κ3) is 3.62. The first kappa shape index (κ1) is 17.1. The van der Waals surface area contributed by atoms with Gasteiger partial charge in [-0.3, -0.25) is 14.3 Å². The van der Waals surface area contributed by atoms with E-state index in [0.29, 0.717) is 36.5 Å². The topological polar surface area (TPSA) is 115 Å². The molecule has 9 heteroatoms. The molecule has 1 atom stereocenters. The van der Waals surface area contributed by atoms with E-state index in [4.69, 9.17) is 8.94 Å². The second kappa shape index (κ2) is 7.10. The average Bonchev–Trinajstić information content (AvgIpc) is 3.40. The van der Waals surface area contributed by atoms with Crippen molar-refractivity contribution in [1.82, 2.24) is 25.6 Å². The standard InChI is InChI=1S/C18H19N5O4/c1-23-7-6-14(21-23)17(24)20-11-4-5-15-13(9-11)16(22-27-15)18(25)19-10-12-3-2-8-26-12/h2-3,6-8,11H,4-5,9-10H2,1H3,(H,19,25)(H,20,24). The van der Waals surface area contributed by atoms with Crippen molar-refractivity contribution in [2.45, 2.75) is 31.8 Å². The van der Waals surface area contributed by atoms with Crippen molar-refractivity contribution in [3.63, 3.8) is 0 Å². The Hall–Kier alpha value is -3.36. The van der Waals surface area contributed by atoms with Crippen LogP contribution in [0.25, 0.3) is 0 Å². The van der Waals surface area contributed by atoms with Crippen LogP contribution >= 0.6 is 0 Å². The van der Waals surface area contributed by atoms with E-state index in [1.54, 1.807) is 42.4 Å². The Bertz CT molecular complexity index is 956. The third-order valence-electron chi connectivity index (χ3n) is 4.54. The lowest BCUT2D eigenvalue weighted by molar-refractivity contribution is 0.0925. The van der Waals surface area contributed by atoms with Crippen molar-refractivity contribution < 1.29 is 18.5 Å². The normalized spacial score (nSPS) is 16.0. The molecule has 140 valence electrons. The number of furan rings is 1. The summed E-state index contributed by atoms with van der Waals surface area (Å²) in [7, 11) is 1.76. The van der Waals surface area contributed by atoms with Gasteiger partial charge < -0.3 is 19.6 Å². The summed E-state index contributed by atoms with van der Waals surface area (Å²) in [6.07, 6.45) is 5.08. The summed E-state index contributed by atoms with van der Waals surface area (Å²) in [5.74, 6) is 0.792. The Morgan fingerprint density at radius 2 is 2.22 bits per heavy atom. The van der Waals surface area contributed by atoms with E-state index in [1.165, 1.54) is 0 Å². The molecule has 2 N–H and O–H groups in total. The zero-order valence-electron chi connectivity index (χ0n) is 14.8. The number of rotatable bonds is 5. The number of nitrogens with zero attached hydrogens (tertiary/aromatic N) is 3. The molecule has 2 amide bonds. The van der Waals surface area contributed by atoms with Gasteiger partial charge in [0.2, 0.25) is 0 Å². The van der Waals surface area contributed by atoms with Crippen molar-refractivity contribution >= 4 is 11.8 Å². The summed E-state index contributed by atoms with van der Waals surface area (Å²) in [5, 5.41) is 13.8. The lowest BCUT2D eigenvalue weighted by atomic mass is 9.91. The highest BCUT2D eigenvalue weighted by Crippen LogP contribution is 2.25. The number of aromatic nitrogens is 3. The van der Waals surface area contributed by atoms with Gasteiger partial charge in [0.25, 0.3) is 11.8 Å². The molecule has 0 aromatic carbocycles. The molecule has 4 rings (SSSR count). The van der Waals surface area contributed by atoms with Gasteiger partial charge in [0.05, 0.1) is 12.8 Å². The molecule has 1 aliphatic carbocycles. The zero-order chi connectivity index (χ0) is 18.8. The fourth-order valence-corrected chi connectivity index (χ4v) is 3.17. The van der Waals surface area contributed by atoms with Crippen LogP contribution < -0.4 is 10.6 Å². The number of fused-ring (bicyclic) bond motifs is 1. The molecule has 3 aromatic heterocycles. The number of carbonyl (C=O) groups is 2. The molecule has 0 fully saturated rings. The maximum Gasteiger partial charge on any atom is 0.274 e. The van der Waals surface area contributed by atoms with Gasteiger partial charge in [-0.15, -0.1) is 0 Å². The molecule has 0 bridgehead atoms. The molecule has 9 nitrogen and oxygen atoms in total. The summed E-state index contributed by atoms with van der Waals surface area (Å²) >= 11 is 0. The molecule has 1 aliphatic rings. The molecule has 3 heterocycles. The van der Waals surface area contributed by atoms with Gasteiger partial charge in [-0.05, 0) is 31.0 Å². The highest BCUT2D eigenvalue weighted by atomic mass is 16.5. The van der Waals surface area contributed by atoms with Crippen LogP contribution in [-0.2, 0) is 26.4 Å². The second-order valence-electron chi connectivity index (χ2n) is 6.48. The quantitative estimate of drug-likeness (QED) is 0.699. The molecule has 27 heavy (non-hydrogen) atoms. The van der Waals surface area contributed by atoms with Crippen LogP contribution in [0.3, 0.4) is 0 Å². The minimum absolute atomic E-state index is 0.108. The maximum absolute atomic E-state index is 12.5. The number of carbonyl (C=O) groups excluding carboxylic acids is 2. The number of hydrogen-bond donors (Lipinski definition) is 2. The number of hydrogen-bond acceptors (Lipinski definition) is 6. The Morgan fingerprint density at radius 3 is 2.96 bits per heavy atom. The van der Waals surface area contributed by atoms with Gasteiger partial charge in [0.1, 0.15) is 17.2 Å². The number of amides is 2. The first-order valence-corrected chi connectivity index (χ1v) is 8.68. The van der Waals surface area contributed by atoms with E-state index in [1.807, 2.05) is 0 Å². The predicted molar refractivity (Wildman–Crippen MR) is 92.9 cm³/mol. The first-order valence-electron chi connectivity index (χ1n) is 8.68. The van der Waals surface area contributed by atoms with Gasteiger partial charge in [-0.2, -0.15) is 5.10 Å². The Labute approximate surface area is 154 Å². The van der Waals surface area contributed by atoms with Gasteiger partial charge in [0, 0.05) is 31.3 Å². The molecule has 0 spiro atoms. The highest BCUT2D eigenvalue weighted by Gasteiger charge is 2.29. The second-order valence-corrected chi connectivity index (χ2v) is 6.48. The minimum Gasteiger partial charge on any atom is -0.467 e. The van der Waals surface area contributed by atoms with Crippen molar-refractivity contribution in [2.24, 2.45) is 7.05 Å². The summed E-state index contributed by atoms with van der Waals surface area (Å²) in [4.78, 5) is 24.8. The molecule has 0 saturated carbocycles. The van der Waals surface area contributed by atoms with E-state index in [2.05, 4.69) is 20.9 Å². The van der Waals surface area contributed by atoms with Crippen molar-refractivity contribution in [3.05, 3.63) is 59.1 Å². The maximum atomic E-state index is 12.5. The van der Waals surface area contributed by atoms with Crippen molar-refractivity contribution in [3.8, 4) is 0 Å². The average molecular weight is 369 g/mol. The van der Waals surface area contributed by atoms with Crippen LogP contribution in [0.15, 0.2) is 39.6 Å². The van der Waals surface area contributed by atoms with Crippen LogP contribution in [0, 0.1) is 0 Å². The van der Waals surface area contributed by atoms with Crippen LogP contribution in [0.4, 0.5) is 0 Å². The minimum atomic E-state index is -0.326. The van der Waals surface area contributed by atoms with E-state index in [-0.39, 0.29) is 30.1 Å². The number of aryl methyl sites for hydroxylation is 2. The molecule has 1 unspecified atom stereocenters. The highest BCUT2D eigenvalue weighted by molar-refractivity contribution is 5.94. The zero-order valence-corrected chi connectivity index (χ0v) is 14.8. The monoisotopic (exact) mass is 369 g/mol. The summed E-state index contributed by atoms with van der Waals surface area (Å²) in [5.41, 5.74) is 1.36. The van der Waals surface area contributed by atoms with Gasteiger partial charge in [-0.25, -0.2) is 0 Å². The van der Waals surface area contributed by atoms with Gasteiger partial charge in [-0.1, -0.05) is 5.16 Å². The molecule has 0 saturated heterocycles. The Morgan fingerprint density at radius 1 is 1.33 bits per heavy atom. The molecule has 0 radical (unpaired) electrons. The lowest BCUT2D eigenvalue weighted by Gasteiger charge is -2.22. The predicted octanol–water partition coefficient (Wildman–Crippen LogP) is 1.22. The van der Waals surface area contributed by atoms with Crippen molar-refractivity contribution in [2.75, 3.05) is 0 Å². The third-order valence-corrected chi connectivity index (χ3v) is 4.54. The molecular formula is C18H19N5O4. The largest absolute Gasteiger partial charge is 0.467 e. The molecule has 0 aliphatic heterocycles. The van der Waals surface area contributed by atoms with Crippen LogP contribution in [-0.4, -0.2) is 32.8 Å². The van der Waals surface area contributed by atoms with E-state index < -0.39 is 0 Å².